The van der Waals surface area contributed by atoms with Crippen molar-refractivity contribution in [2.45, 2.75) is 38.8 Å². The van der Waals surface area contributed by atoms with Crippen LogP contribution in [0.25, 0.3) is 17.0 Å². The van der Waals surface area contributed by atoms with E-state index in [4.69, 9.17) is 0 Å². The molecule has 7 heteroatoms. The van der Waals surface area contributed by atoms with Crippen LogP contribution >= 0.6 is 11.8 Å². The Morgan fingerprint density at radius 3 is 2.83 bits per heavy atom. The summed E-state index contributed by atoms with van der Waals surface area (Å²) < 4.78 is 1.94. The first kappa shape index (κ1) is 20.5. The highest BCUT2D eigenvalue weighted by Crippen LogP contribution is 2.34. The van der Waals surface area contributed by atoms with Gasteiger partial charge >= 0.3 is 0 Å². The van der Waals surface area contributed by atoms with Crippen LogP contribution in [-0.2, 0) is 16.1 Å². The van der Waals surface area contributed by atoms with Crippen LogP contribution in [0.3, 0.4) is 0 Å². The molecular weight excluding hydrogens is 398 g/mol. The van der Waals surface area contributed by atoms with Gasteiger partial charge in [-0.05, 0) is 50.1 Å². The molecule has 3 amide bonds. The first-order valence-corrected chi connectivity index (χ1v) is 11.0. The highest BCUT2D eigenvalue weighted by Gasteiger charge is 2.34. The second-order valence-electron chi connectivity index (χ2n) is 7.74. The van der Waals surface area contributed by atoms with Gasteiger partial charge in [0.1, 0.15) is 6.54 Å². The molecule has 2 aliphatic heterocycles. The summed E-state index contributed by atoms with van der Waals surface area (Å²) in [5, 5.41) is 0.664. The molecule has 0 bridgehead atoms. The lowest BCUT2D eigenvalue weighted by Crippen LogP contribution is -2.43. The van der Waals surface area contributed by atoms with Gasteiger partial charge in [0.05, 0.1) is 4.91 Å². The zero-order chi connectivity index (χ0) is 21.3. The van der Waals surface area contributed by atoms with Gasteiger partial charge in [0.2, 0.25) is 5.91 Å². The van der Waals surface area contributed by atoms with Crippen molar-refractivity contribution >= 4 is 45.8 Å². The number of carbonyl (C=O) groups excluding carboxylic acids is 3. The summed E-state index contributed by atoms with van der Waals surface area (Å²) >= 11 is 0.938. The molecule has 2 aliphatic rings. The minimum Gasteiger partial charge on any atom is -0.338 e. The summed E-state index contributed by atoms with van der Waals surface area (Å²) in [4.78, 5) is 41.2. The lowest BCUT2D eigenvalue weighted by Gasteiger charge is -2.33. The number of nitrogens with zero attached hydrogens (tertiary/aromatic N) is 3. The van der Waals surface area contributed by atoms with Crippen molar-refractivity contribution in [2.75, 3.05) is 13.1 Å². The van der Waals surface area contributed by atoms with Gasteiger partial charge in [-0.1, -0.05) is 24.3 Å². The minimum absolute atomic E-state index is 0.112. The summed E-state index contributed by atoms with van der Waals surface area (Å²) in [6, 6.07) is 8.09. The molecule has 156 valence electrons. The van der Waals surface area contributed by atoms with Crippen LogP contribution in [0.4, 0.5) is 4.79 Å². The lowest BCUT2D eigenvalue weighted by molar-refractivity contribution is -0.135. The van der Waals surface area contributed by atoms with Crippen molar-refractivity contribution in [3.05, 3.63) is 53.6 Å². The van der Waals surface area contributed by atoms with Crippen LogP contribution in [-0.4, -0.2) is 50.6 Å². The SMILES string of the molecule is C=CCN1C(=O)S/C(=C\c2cn(CC(=O)N3CCCC[C@@H]3C)c3ccccc23)C1=O. The van der Waals surface area contributed by atoms with Gasteiger partial charge in [0.25, 0.3) is 11.1 Å². The predicted molar refractivity (Wildman–Crippen MR) is 120 cm³/mol. The Hall–Kier alpha value is -2.80. The van der Waals surface area contributed by atoms with E-state index in [-0.39, 0.29) is 36.2 Å². The van der Waals surface area contributed by atoms with Gasteiger partial charge in [-0.2, -0.15) is 0 Å². The molecule has 1 aromatic carbocycles. The summed E-state index contributed by atoms with van der Waals surface area (Å²) in [6.45, 7) is 6.98. The molecule has 3 heterocycles. The third-order valence-corrected chi connectivity index (χ3v) is 6.63. The maximum absolute atomic E-state index is 13.0. The van der Waals surface area contributed by atoms with E-state index in [1.165, 1.54) is 11.3 Å². The van der Waals surface area contributed by atoms with Gasteiger partial charge in [-0.15, -0.1) is 6.58 Å². The fourth-order valence-electron chi connectivity index (χ4n) is 4.15. The van der Waals surface area contributed by atoms with E-state index in [0.29, 0.717) is 4.91 Å². The smallest absolute Gasteiger partial charge is 0.293 e. The lowest BCUT2D eigenvalue weighted by atomic mass is 10.0. The summed E-state index contributed by atoms with van der Waals surface area (Å²) in [7, 11) is 0. The number of carbonyl (C=O) groups is 3. The minimum atomic E-state index is -0.306. The van der Waals surface area contributed by atoms with Gasteiger partial charge < -0.3 is 9.47 Å². The van der Waals surface area contributed by atoms with E-state index >= 15 is 0 Å². The molecule has 0 aliphatic carbocycles. The number of fused-ring (bicyclic) bond motifs is 1. The van der Waals surface area contributed by atoms with E-state index in [9.17, 15) is 14.4 Å². The Morgan fingerprint density at radius 2 is 2.07 bits per heavy atom. The number of hydrogen-bond donors (Lipinski definition) is 0. The van der Waals surface area contributed by atoms with Crippen molar-refractivity contribution < 1.29 is 14.4 Å². The second kappa shape index (κ2) is 8.52. The Kier molecular flexibility index (Phi) is 5.81. The monoisotopic (exact) mass is 423 g/mol. The van der Waals surface area contributed by atoms with Crippen LogP contribution in [0, 0.1) is 0 Å². The molecule has 2 aromatic rings. The van der Waals surface area contributed by atoms with Crippen LogP contribution in [0.2, 0.25) is 0 Å². The van der Waals surface area contributed by atoms with Gasteiger partial charge in [0, 0.05) is 41.8 Å². The van der Waals surface area contributed by atoms with Crippen LogP contribution in [0.15, 0.2) is 48.0 Å². The molecular formula is C23H25N3O3S. The average molecular weight is 424 g/mol. The predicted octanol–water partition coefficient (Wildman–Crippen LogP) is 4.26. The molecule has 30 heavy (non-hydrogen) atoms. The first-order chi connectivity index (χ1) is 14.5. The Balaban J connectivity index is 1.65. The van der Waals surface area contributed by atoms with Crippen molar-refractivity contribution in [2.24, 2.45) is 0 Å². The average Bonchev–Trinajstić information content (AvgIpc) is 3.21. The van der Waals surface area contributed by atoms with Crippen molar-refractivity contribution in [1.29, 1.82) is 0 Å². The van der Waals surface area contributed by atoms with Gasteiger partial charge in [-0.25, -0.2) is 0 Å². The standard InChI is InChI=1S/C23H25N3O3S/c1-3-11-26-22(28)20(30-23(26)29)13-17-14-24(19-10-5-4-9-18(17)19)15-21(27)25-12-7-6-8-16(25)2/h3-5,9-10,13-14,16H,1,6-8,11-12,15H2,2H3/b20-13-/t16-/m0/s1. The van der Waals surface area contributed by atoms with Crippen LogP contribution in [0.1, 0.15) is 31.7 Å². The maximum Gasteiger partial charge on any atom is 0.293 e. The fourth-order valence-corrected chi connectivity index (χ4v) is 4.99. The molecule has 4 rings (SSSR count). The van der Waals surface area contributed by atoms with E-state index in [2.05, 4.69) is 13.5 Å². The maximum atomic E-state index is 13.0. The molecule has 0 saturated carbocycles. The molecule has 6 nitrogen and oxygen atoms in total. The number of piperidine rings is 1. The quantitative estimate of drug-likeness (QED) is 0.532. The number of aromatic nitrogens is 1. The number of hydrogen-bond acceptors (Lipinski definition) is 4. The first-order valence-electron chi connectivity index (χ1n) is 10.2. The molecule has 2 fully saturated rings. The van der Waals surface area contributed by atoms with Crippen molar-refractivity contribution in [3.63, 3.8) is 0 Å². The molecule has 1 atom stereocenters. The number of thioether (sulfide) groups is 1. The molecule has 0 unspecified atom stereocenters. The number of rotatable bonds is 5. The van der Waals surface area contributed by atoms with E-state index < -0.39 is 0 Å². The van der Waals surface area contributed by atoms with Gasteiger partial charge in [-0.3, -0.25) is 19.3 Å². The van der Waals surface area contributed by atoms with Crippen molar-refractivity contribution in [1.82, 2.24) is 14.4 Å². The normalized spacial score (nSPS) is 21.1. The summed E-state index contributed by atoms with van der Waals surface area (Å²) in [5.74, 6) is -0.194. The number of benzene rings is 1. The number of para-hydroxylation sites is 1. The number of imide groups is 1. The highest BCUT2D eigenvalue weighted by atomic mass is 32.2. The van der Waals surface area contributed by atoms with Crippen LogP contribution in [0.5, 0.6) is 0 Å². The van der Waals surface area contributed by atoms with Gasteiger partial charge in [0.15, 0.2) is 0 Å². The number of likely N-dealkylation sites (tertiary alicyclic amines) is 1. The summed E-state index contributed by atoms with van der Waals surface area (Å²) in [5.41, 5.74) is 1.77. The molecule has 0 N–H and O–H groups in total. The fraction of sp³-hybridized carbons (Fsp3) is 0.348. The third-order valence-electron chi connectivity index (χ3n) is 5.72. The van der Waals surface area contributed by atoms with Crippen molar-refractivity contribution in [3.8, 4) is 0 Å². The van der Waals surface area contributed by atoms with E-state index in [0.717, 1.165) is 47.6 Å². The molecule has 0 radical (unpaired) electrons. The Bertz CT molecular complexity index is 1060. The zero-order valence-electron chi connectivity index (χ0n) is 17.0. The highest BCUT2D eigenvalue weighted by molar-refractivity contribution is 8.18. The zero-order valence-corrected chi connectivity index (χ0v) is 17.9. The number of amides is 3. The molecule has 2 saturated heterocycles. The Morgan fingerprint density at radius 1 is 1.27 bits per heavy atom. The van der Waals surface area contributed by atoms with E-state index in [1.807, 2.05) is 39.9 Å². The molecule has 1 aromatic heterocycles. The third kappa shape index (κ3) is 3.81. The summed E-state index contributed by atoms with van der Waals surface area (Å²) in [6.07, 6.45) is 8.46. The van der Waals surface area contributed by atoms with E-state index in [1.54, 1.807) is 12.2 Å². The Labute approximate surface area is 180 Å². The topological polar surface area (TPSA) is 62.6 Å². The van der Waals surface area contributed by atoms with Crippen LogP contribution < -0.4 is 0 Å². The largest absolute Gasteiger partial charge is 0.338 e. The molecule has 0 spiro atoms. The second-order valence-corrected chi connectivity index (χ2v) is 8.74.